The minimum Gasteiger partial charge on any atom is -0.383 e. The van der Waals surface area contributed by atoms with Gasteiger partial charge in [-0.05, 0) is 38.0 Å². The van der Waals surface area contributed by atoms with Crippen molar-refractivity contribution in [2.24, 2.45) is 0 Å². The lowest BCUT2D eigenvalue weighted by Gasteiger charge is -2.27. The summed E-state index contributed by atoms with van der Waals surface area (Å²) in [5, 5.41) is 3.14. The minimum atomic E-state index is -0.552. The SMILES string of the molecule is COC[C@H](Cc1ccccc1)NC(=O)C(C)(C)Sc1ccccc1. The number of methoxy groups -OCH3 is 1. The van der Waals surface area contributed by atoms with Gasteiger partial charge >= 0.3 is 0 Å². The summed E-state index contributed by atoms with van der Waals surface area (Å²) in [6.45, 7) is 4.39. The first-order valence-electron chi connectivity index (χ1n) is 8.09. The van der Waals surface area contributed by atoms with Crippen LogP contribution in [0.15, 0.2) is 65.6 Å². The zero-order valence-corrected chi connectivity index (χ0v) is 15.3. The number of nitrogens with one attached hydrogen (secondary N) is 1. The molecule has 0 saturated heterocycles. The van der Waals surface area contributed by atoms with E-state index in [-0.39, 0.29) is 11.9 Å². The zero-order chi connectivity index (χ0) is 17.4. The van der Waals surface area contributed by atoms with Gasteiger partial charge in [0.05, 0.1) is 17.4 Å². The van der Waals surface area contributed by atoms with Gasteiger partial charge in [-0.15, -0.1) is 11.8 Å². The van der Waals surface area contributed by atoms with Crippen LogP contribution < -0.4 is 5.32 Å². The molecule has 1 amide bonds. The van der Waals surface area contributed by atoms with Crippen LogP contribution in [0.25, 0.3) is 0 Å². The molecule has 1 N–H and O–H groups in total. The van der Waals surface area contributed by atoms with Crippen LogP contribution in [0.1, 0.15) is 19.4 Å². The monoisotopic (exact) mass is 343 g/mol. The summed E-state index contributed by atoms with van der Waals surface area (Å²) < 4.78 is 4.73. The molecular formula is C20H25NO2S. The van der Waals surface area contributed by atoms with E-state index in [1.807, 2.05) is 62.4 Å². The molecule has 0 heterocycles. The first-order chi connectivity index (χ1) is 11.5. The number of rotatable bonds is 8. The number of amides is 1. The third-order valence-corrected chi connectivity index (χ3v) is 4.89. The highest BCUT2D eigenvalue weighted by molar-refractivity contribution is 8.01. The number of hydrogen-bond acceptors (Lipinski definition) is 3. The third-order valence-electron chi connectivity index (χ3n) is 3.69. The Kier molecular flexibility index (Phi) is 6.88. The molecule has 0 radical (unpaired) electrons. The van der Waals surface area contributed by atoms with Gasteiger partial charge in [0.1, 0.15) is 0 Å². The first kappa shape index (κ1) is 18.6. The molecule has 3 nitrogen and oxygen atoms in total. The van der Waals surface area contributed by atoms with Gasteiger partial charge in [0.15, 0.2) is 0 Å². The van der Waals surface area contributed by atoms with Gasteiger partial charge in [0, 0.05) is 12.0 Å². The van der Waals surface area contributed by atoms with Crippen molar-refractivity contribution in [2.45, 2.75) is 36.0 Å². The second kappa shape index (κ2) is 8.90. The van der Waals surface area contributed by atoms with Crippen molar-refractivity contribution in [3.8, 4) is 0 Å². The van der Waals surface area contributed by atoms with Crippen LogP contribution in [0.3, 0.4) is 0 Å². The van der Waals surface area contributed by atoms with E-state index in [1.165, 1.54) is 5.56 Å². The van der Waals surface area contributed by atoms with Crippen molar-refractivity contribution < 1.29 is 9.53 Å². The summed E-state index contributed by atoms with van der Waals surface area (Å²) in [5.41, 5.74) is 1.19. The topological polar surface area (TPSA) is 38.3 Å². The maximum atomic E-state index is 12.8. The van der Waals surface area contributed by atoms with Crippen LogP contribution in [-0.4, -0.2) is 30.4 Å². The Morgan fingerprint density at radius 1 is 1.08 bits per heavy atom. The van der Waals surface area contributed by atoms with Crippen LogP contribution in [0.5, 0.6) is 0 Å². The maximum Gasteiger partial charge on any atom is 0.236 e. The molecule has 0 aliphatic rings. The number of benzene rings is 2. The molecule has 0 saturated carbocycles. The Hall–Kier alpha value is -1.78. The van der Waals surface area contributed by atoms with Crippen molar-refractivity contribution >= 4 is 17.7 Å². The van der Waals surface area contributed by atoms with Gasteiger partial charge in [-0.2, -0.15) is 0 Å². The summed E-state index contributed by atoms with van der Waals surface area (Å²) in [6, 6.07) is 20.1. The van der Waals surface area contributed by atoms with Gasteiger partial charge in [-0.1, -0.05) is 48.5 Å². The number of carbonyl (C=O) groups excluding carboxylic acids is 1. The molecule has 2 aromatic rings. The lowest BCUT2D eigenvalue weighted by Crippen LogP contribution is -2.47. The maximum absolute atomic E-state index is 12.8. The average molecular weight is 343 g/mol. The number of ether oxygens (including phenoxy) is 1. The van der Waals surface area contributed by atoms with Gasteiger partial charge < -0.3 is 10.1 Å². The molecule has 0 aromatic heterocycles. The average Bonchev–Trinajstić information content (AvgIpc) is 2.56. The fourth-order valence-electron chi connectivity index (χ4n) is 2.44. The molecule has 2 rings (SSSR count). The van der Waals surface area contributed by atoms with Gasteiger partial charge in [0.25, 0.3) is 0 Å². The number of carbonyl (C=O) groups is 1. The highest BCUT2D eigenvalue weighted by Gasteiger charge is 2.30. The number of thioether (sulfide) groups is 1. The van der Waals surface area contributed by atoms with Gasteiger partial charge in [-0.3, -0.25) is 4.79 Å². The van der Waals surface area contributed by atoms with Gasteiger partial charge in [0.2, 0.25) is 5.91 Å². The van der Waals surface area contributed by atoms with Crippen molar-refractivity contribution in [3.05, 3.63) is 66.2 Å². The normalized spacial score (nSPS) is 12.6. The highest BCUT2D eigenvalue weighted by Crippen LogP contribution is 2.32. The highest BCUT2D eigenvalue weighted by atomic mass is 32.2. The number of hydrogen-bond donors (Lipinski definition) is 1. The quantitative estimate of drug-likeness (QED) is 0.738. The standard InChI is InChI=1S/C20H25NO2S/c1-20(2,24-18-12-8-5-9-13-18)19(22)21-17(15-23-3)14-16-10-6-4-7-11-16/h4-13,17H,14-15H2,1-3H3,(H,21,22)/t17-/m0/s1. The van der Waals surface area contributed by atoms with E-state index in [1.54, 1.807) is 18.9 Å². The molecule has 0 fully saturated rings. The lowest BCUT2D eigenvalue weighted by atomic mass is 10.1. The second-order valence-electron chi connectivity index (χ2n) is 6.24. The largest absolute Gasteiger partial charge is 0.383 e. The third kappa shape index (κ3) is 5.69. The van der Waals surface area contributed by atoms with Crippen molar-refractivity contribution in [3.63, 3.8) is 0 Å². The van der Waals surface area contributed by atoms with Crippen LogP contribution in [0.4, 0.5) is 0 Å². The second-order valence-corrected chi connectivity index (χ2v) is 7.94. The molecule has 0 bridgehead atoms. The Morgan fingerprint density at radius 2 is 1.67 bits per heavy atom. The zero-order valence-electron chi connectivity index (χ0n) is 14.5. The fraction of sp³-hybridized carbons (Fsp3) is 0.350. The summed E-state index contributed by atoms with van der Waals surface area (Å²) in [5.74, 6) is 0.0225. The van der Waals surface area contributed by atoms with Crippen LogP contribution in [0.2, 0.25) is 0 Å². The summed E-state index contributed by atoms with van der Waals surface area (Å²) in [4.78, 5) is 13.8. The summed E-state index contributed by atoms with van der Waals surface area (Å²) >= 11 is 1.57. The molecule has 128 valence electrons. The van der Waals surface area contributed by atoms with Gasteiger partial charge in [-0.25, -0.2) is 0 Å². The molecule has 0 spiro atoms. The van der Waals surface area contributed by atoms with E-state index in [0.717, 1.165) is 11.3 Å². The van der Waals surface area contributed by atoms with E-state index in [4.69, 9.17) is 4.74 Å². The first-order valence-corrected chi connectivity index (χ1v) is 8.91. The van der Waals surface area contributed by atoms with E-state index in [2.05, 4.69) is 17.4 Å². The van der Waals surface area contributed by atoms with Crippen molar-refractivity contribution in [1.29, 1.82) is 0 Å². The Morgan fingerprint density at radius 3 is 2.25 bits per heavy atom. The minimum absolute atomic E-state index is 0.0225. The van der Waals surface area contributed by atoms with E-state index < -0.39 is 4.75 Å². The molecule has 2 aromatic carbocycles. The van der Waals surface area contributed by atoms with Crippen molar-refractivity contribution in [1.82, 2.24) is 5.32 Å². The molecule has 1 atom stereocenters. The van der Waals surface area contributed by atoms with Crippen molar-refractivity contribution in [2.75, 3.05) is 13.7 Å². The van der Waals surface area contributed by atoms with E-state index >= 15 is 0 Å². The van der Waals surface area contributed by atoms with Crippen LogP contribution in [0, 0.1) is 0 Å². The molecule has 24 heavy (non-hydrogen) atoms. The lowest BCUT2D eigenvalue weighted by molar-refractivity contribution is -0.123. The Labute approximate surface area is 148 Å². The Bertz CT molecular complexity index is 629. The molecule has 0 aliphatic carbocycles. The molecular weight excluding hydrogens is 318 g/mol. The Balaban J connectivity index is 2.00. The smallest absolute Gasteiger partial charge is 0.236 e. The molecule has 0 unspecified atom stereocenters. The summed E-state index contributed by atoms with van der Waals surface area (Å²) in [7, 11) is 1.66. The van der Waals surface area contributed by atoms with Crippen LogP contribution >= 0.6 is 11.8 Å². The molecule has 0 aliphatic heterocycles. The fourth-order valence-corrected chi connectivity index (χ4v) is 3.47. The van der Waals surface area contributed by atoms with E-state index in [9.17, 15) is 4.79 Å². The molecule has 4 heteroatoms. The van der Waals surface area contributed by atoms with Crippen LogP contribution in [-0.2, 0) is 16.0 Å². The predicted octanol–water partition coefficient (Wildman–Crippen LogP) is 3.93. The predicted molar refractivity (Wildman–Crippen MR) is 100 cm³/mol. The summed E-state index contributed by atoms with van der Waals surface area (Å²) in [6.07, 6.45) is 0.756. The van der Waals surface area contributed by atoms with E-state index in [0.29, 0.717) is 6.61 Å².